The Morgan fingerprint density at radius 1 is 1.14 bits per heavy atom. The first kappa shape index (κ1) is 19.6. The number of ether oxygens (including phenoxy) is 1. The van der Waals surface area contributed by atoms with Crippen LogP contribution >= 0.6 is 11.6 Å². The third-order valence-corrected chi connectivity index (χ3v) is 5.77. The van der Waals surface area contributed by atoms with Crippen LogP contribution in [0.15, 0.2) is 42.5 Å². The molecule has 0 N–H and O–H groups in total. The average Bonchev–Trinajstić information content (AvgIpc) is 2.72. The molecule has 150 valence electrons. The number of amides is 1. The maximum atomic E-state index is 13.1. The van der Waals surface area contributed by atoms with E-state index in [-0.39, 0.29) is 16.7 Å². The average molecular weight is 414 g/mol. The molecule has 2 aromatic carbocycles. The molecular weight excluding hydrogens is 393 g/mol. The number of allylic oxidation sites excluding steroid dienone is 1. The van der Waals surface area contributed by atoms with Crippen molar-refractivity contribution in [1.82, 2.24) is 4.90 Å². The molecule has 0 aromatic heterocycles. The van der Waals surface area contributed by atoms with Crippen molar-refractivity contribution in [3.63, 3.8) is 0 Å². The Bertz CT molecular complexity index is 980. The quantitative estimate of drug-likeness (QED) is 0.738. The summed E-state index contributed by atoms with van der Waals surface area (Å²) < 4.78 is 18.9. The fraction of sp³-hybridized carbons (Fsp3) is 0.304. The van der Waals surface area contributed by atoms with Crippen molar-refractivity contribution in [3.05, 3.63) is 70.0 Å². The number of rotatable bonds is 4. The van der Waals surface area contributed by atoms with Gasteiger partial charge in [0, 0.05) is 25.1 Å². The Labute approximate surface area is 173 Å². The number of carbonyl (C=O) groups is 2. The lowest BCUT2D eigenvalue weighted by Crippen LogP contribution is -2.39. The second-order valence-electron chi connectivity index (χ2n) is 7.51. The molecule has 4 nitrogen and oxygen atoms in total. The van der Waals surface area contributed by atoms with Crippen LogP contribution in [0.25, 0.3) is 6.08 Å². The van der Waals surface area contributed by atoms with Gasteiger partial charge in [-0.2, -0.15) is 0 Å². The van der Waals surface area contributed by atoms with Gasteiger partial charge < -0.3 is 9.64 Å². The SMILES string of the molecule is O=C1C=Cc2ccc(C(=O)N3CCC(COc4ccc(F)cc4Cl)CC3)cc2C1. The van der Waals surface area contributed by atoms with Gasteiger partial charge in [-0.15, -0.1) is 0 Å². The van der Waals surface area contributed by atoms with Crippen LogP contribution in [-0.2, 0) is 11.2 Å². The summed E-state index contributed by atoms with van der Waals surface area (Å²) in [5.41, 5.74) is 2.53. The molecule has 0 atom stereocenters. The molecule has 2 aromatic rings. The maximum Gasteiger partial charge on any atom is 0.253 e. The molecule has 0 unspecified atom stereocenters. The molecule has 1 amide bonds. The number of carbonyl (C=O) groups excluding carboxylic acids is 2. The minimum absolute atomic E-state index is 0.00394. The van der Waals surface area contributed by atoms with Crippen molar-refractivity contribution in [2.45, 2.75) is 19.3 Å². The molecule has 0 spiro atoms. The van der Waals surface area contributed by atoms with Crippen LogP contribution in [0, 0.1) is 11.7 Å². The molecule has 0 saturated carbocycles. The summed E-state index contributed by atoms with van der Waals surface area (Å²) >= 11 is 6.00. The van der Waals surface area contributed by atoms with Crippen molar-refractivity contribution >= 4 is 29.4 Å². The highest BCUT2D eigenvalue weighted by molar-refractivity contribution is 6.32. The van der Waals surface area contributed by atoms with Gasteiger partial charge in [0.1, 0.15) is 11.6 Å². The van der Waals surface area contributed by atoms with E-state index in [2.05, 4.69) is 0 Å². The van der Waals surface area contributed by atoms with Crippen LogP contribution in [0.2, 0.25) is 5.02 Å². The third kappa shape index (κ3) is 4.51. The Kier molecular flexibility index (Phi) is 5.67. The lowest BCUT2D eigenvalue weighted by molar-refractivity contribution is -0.114. The smallest absolute Gasteiger partial charge is 0.253 e. The van der Waals surface area contributed by atoms with E-state index in [4.69, 9.17) is 16.3 Å². The largest absolute Gasteiger partial charge is 0.492 e. The van der Waals surface area contributed by atoms with Gasteiger partial charge in [0.25, 0.3) is 5.91 Å². The number of benzene rings is 2. The van der Waals surface area contributed by atoms with Crippen molar-refractivity contribution in [3.8, 4) is 5.75 Å². The first-order valence-corrected chi connectivity index (χ1v) is 10.1. The lowest BCUT2D eigenvalue weighted by Gasteiger charge is -2.32. The predicted molar refractivity (Wildman–Crippen MR) is 110 cm³/mol. The number of hydrogen-bond acceptors (Lipinski definition) is 3. The molecule has 0 bridgehead atoms. The number of likely N-dealkylation sites (tertiary alicyclic amines) is 1. The number of ketones is 1. The number of nitrogens with zero attached hydrogens (tertiary/aromatic N) is 1. The van der Waals surface area contributed by atoms with E-state index in [0.29, 0.717) is 43.3 Å². The van der Waals surface area contributed by atoms with Gasteiger partial charge in [0.15, 0.2) is 5.78 Å². The van der Waals surface area contributed by atoms with Crippen molar-refractivity contribution in [1.29, 1.82) is 0 Å². The monoisotopic (exact) mass is 413 g/mol. The molecule has 0 radical (unpaired) electrons. The van der Waals surface area contributed by atoms with Gasteiger partial charge in [-0.3, -0.25) is 9.59 Å². The summed E-state index contributed by atoms with van der Waals surface area (Å²) in [6, 6.07) is 9.66. The van der Waals surface area contributed by atoms with E-state index in [9.17, 15) is 14.0 Å². The van der Waals surface area contributed by atoms with Crippen LogP contribution < -0.4 is 4.74 Å². The third-order valence-electron chi connectivity index (χ3n) is 5.47. The van der Waals surface area contributed by atoms with Gasteiger partial charge in [-0.25, -0.2) is 4.39 Å². The molecule has 6 heteroatoms. The zero-order valence-corrected chi connectivity index (χ0v) is 16.6. The van der Waals surface area contributed by atoms with Crippen LogP contribution in [0.3, 0.4) is 0 Å². The summed E-state index contributed by atoms with van der Waals surface area (Å²) in [4.78, 5) is 26.3. The highest BCUT2D eigenvalue weighted by atomic mass is 35.5. The normalized spacial score (nSPS) is 16.6. The van der Waals surface area contributed by atoms with Crippen LogP contribution in [0.5, 0.6) is 5.75 Å². The van der Waals surface area contributed by atoms with Gasteiger partial charge >= 0.3 is 0 Å². The molecular formula is C23H21ClFNO3. The van der Waals surface area contributed by atoms with E-state index in [1.807, 2.05) is 23.1 Å². The number of fused-ring (bicyclic) bond motifs is 1. The zero-order valence-electron chi connectivity index (χ0n) is 15.9. The van der Waals surface area contributed by atoms with Crippen LogP contribution in [0.1, 0.15) is 34.3 Å². The van der Waals surface area contributed by atoms with E-state index < -0.39 is 5.82 Å². The molecule has 29 heavy (non-hydrogen) atoms. The Morgan fingerprint density at radius 2 is 1.93 bits per heavy atom. The first-order chi connectivity index (χ1) is 14.0. The zero-order chi connectivity index (χ0) is 20.4. The predicted octanol–water partition coefficient (Wildman–Crippen LogP) is 4.55. The van der Waals surface area contributed by atoms with E-state index in [0.717, 1.165) is 24.0 Å². The minimum Gasteiger partial charge on any atom is -0.492 e. The molecule has 1 heterocycles. The highest BCUT2D eigenvalue weighted by Gasteiger charge is 2.25. The van der Waals surface area contributed by atoms with E-state index in [1.54, 1.807) is 12.2 Å². The number of piperidine rings is 1. The lowest BCUT2D eigenvalue weighted by atomic mass is 9.93. The second kappa shape index (κ2) is 8.37. The molecule has 1 saturated heterocycles. The van der Waals surface area contributed by atoms with Crippen LogP contribution in [-0.4, -0.2) is 36.3 Å². The summed E-state index contributed by atoms with van der Waals surface area (Å²) in [6.07, 6.45) is 5.38. The van der Waals surface area contributed by atoms with Gasteiger partial charge in [0.05, 0.1) is 11.6 Å². The van der Waals surface area contributed by atoms with Crippen molar-refractivity contribution in [2.24, 2.45) is 5.92 Å². The summed E-state index contributed by atoms with van der Waals surface area (Å²) in [5.74, 6) is 0.451. The number of halogens is 2. The summed E-state index contributed by atoms with van der Waals surface area (Å²) in [5, 5.41) is 0.262. The van der Waals surface area contributed by atoms with Crippen molar-refractivity contribution < 1.29 is 18.7 Å². The summed E-state index contributed by atoms with van der Waals surface area (Å²) in [6.45, 7) is 1.79. The summed E-state index contributed by atoms with van der Waals surface area (Å²) in [7, 11) is 0. The van der Waals surface area contributed by atoms with Crippen molar-refractivity contribution in [2.75, 3.05) is 19.7 Å². The molecule has 4 rings (SSSR count). The van der Waals surface area contributed by atoms with Gasteiger partial charge in [0.2, 0.25) is 0 Å². The molecule has 1 aliphatic carbocycles. The fourth-order valence-corrected chi connectivity index (χ4v) is 3.99. The maximum absolute atomic E-state index is 13.1. The second-order valence-corrected chi connectivity index (χ2v) is 7.92. The number of hydrogen-bond donors (Lipinski definition) is 0. The van der Waals surface area contributed by atoms with E-state index >= 15 is 0 Å². The molecule has 1 fully saturated rings. The van der Waals surface area contributed by atoms with Crippen LogP contribution in [0.4, 0.5) is 4.39 Å². The Morgan fingerprint density at radius 3 is 2.69 bits per heavy atom. The van der Waals surface area contributed by atoms with E-state index in [1.165, 1.54) is 18.2 Å². The first-order valence-electron chi connectivity index (χ1n) is 9.70. The molecule has 2 aliphatic rings. The Hall–Kier alpha value is -2.66. The standard InChI is InChI=1S/C23H21ClFNO3/c24-21-13-19(25)4-6-22(21)29-14-15-7-9-26(10-8-15)23(28)17-2-1-16-3-5-20(27)12-18(16)11-17/h1-6,11,13,15H,7-10,12,14H2. The fourth-order valence-electron chi connectivity index (χ4n) is 3.77. The Balaban J connectivity index is 1.32. The topological polar surface area (TPSA) is 46.6 Å². The highest BCUT2D eigenvalue weighted by Crippen LogP contribution is 2.27. The van der Waals surface area contributed by atoms with Gasteiger partial charge in [-0.1, -0.05) is 23.7 Å². The minimum atomic E-state index is -0.392. The van der Waals surface area contributed by atoms with Gasteiger partial charge in [-0.05, 0) is 66.3 Å². The molecule has 1 aliphatic heterocycles.